The van der Waals surface area contributed by atoms with Crippen LogP contribution in [0, 0.1) is 10.1 Å². The molecule has 0 atom stereocenters. The quantitative estimate of drug-likeness (QED) is 0.607. The lowest BCUT2D eigenvalue weighted by Gasteiger charge is -2.10. The van der Waals surface area contributed by atoms with E-state index in [-0.39, 0.29) is 5.69 Å². The van der Waals surface area contributed by atoms with Gasteiger partial charge in [0, 0.05) is 25.2 Å². The Balaban J connectivity index is 2.36. The standard InChI is InChI=1S/C12H9Br2N3O3/c1-15-10-3-2-4-11(16-10)20-12-8(13)5-7(17(18)19)6-9(12)14/h2-6H,1H3,(H,15,16). The molecular weight excluding hydrogens is 394 g/mol. The van der Waals surface area contributed by atoms with Crippen LogP contribution in [0.4, 0.5) is 11.5 Å². The molecule has 0 spiro atoms. The van der Waals surface area contributed by atoms with Crippen LogP contribution in [-0.2, 0) is 0 Å². The van der Waals surface area contributed by atoms with Crippen LogP contribution in [0.15, 0.2) is 39.3 Å². The minimum atomic E-state index is -0.473. The zero-order valence-corrected chi connectivity index (χ0v) is 13.4. The van der Waals surface area contributed by atoms with Crippen LogP contribution in [-0.4, -0.2) is 17.0 Å². The van der Waals surface area contributed by atoms with Gasteiger partial charge in [0.05, 0.1) is 13.9 Å². The van der Waals surface area contributed by atoms with Crippen molar-refractivity contribution in [2.24, 2.45) is 0 Å². The molecule has 2 aromatic rings. The van der Waals surface area contributed by atoms with E-state index in [1.807, 2.05) is 0 Å². The van der Waals surface area contributed by atoms with Crippen LogP contribution in [0.5, 0.6) is 11.6 Å². The van der Waals surface area contributed by atoms with Gasteiger partial charge < -0.3 is 10.1 Å². The average Bonchev–Trinajstić information content (AvgIpc) is 2.42. The van der Waals surface area contributed by atoms with Crippen LogP contribution in [0.25, 0.3) is 0 Å². The van der Waals surface area contributed by atoms with E-state index >= 15 is 0 Å². The van der Waals surface area contributed by atoms with E-state index in [1.54, 1.807) is 25.2 Å². The van der Waals surface area contributed by atoms with Crippen molar-refractivity contribution in [3.8, 4) is 11.6 Å². The van der Waals surface area contributed by atoms with Gasteiger partial charge in [-0.2, -0.15) is 4.98 Å². The second-order valence-corrected chi connectivity index (χ2v) is 5.42. The second kappa shape index (κ2) is 6.19. The normalized spacial score (nSPS) is 10.2. The number of nitrogens with zero attached hydrogens (tertiary/aromatic N) is 2. The molecule has 1 aromatic heterocycles. The van der Waals surface area contributed by atoms with Crippen molar-refractivity contribution in [2.75, 3.05) is 12.4 Å². The molecule has 6 nitrogen and oxygen atoms in total. The van der Waals surface area contributed by atoms with Gasteiger partial charge in [0.15, 0.2) is 5.75 Å². The fourth-order valence-corrected chi connectivity index (χ4v) is 2.79. The lowest BCUT2D eigenvalue weighted by molar-refractivity contribution is -0.385. The Morgan fingerprint density at radius 3 is 2.50 bits per heavy atom. The number of aromatic nitrogens is 1. The van der Waals surface area contributed by atoms with Crippen molar-refractivity contribution in [3.63, 3.8) is 0 Å². The highest BCUT2D eigenvalue weighted by molar-refractivity contribution is 9.11. The average molecular weight is 403 g/mol. The Kier molecular flexibility index (Phi) is 4.56. The van der Waals surface area contributed by atoms with E-state index in [2.05, 4.69) is 42.2 Å². The lowest BCUT2D eigenvalue weighted by atomic mass is 10.3. The number of benzene rings is 1. The summed E-state index contributed by atoms with van der Waals surface area (Å²) in [6, 6.07) is 8.04. The molecule has 1 aromatic carbocycles. The zero-order chi connectivity index (χ0) is 14.7. The van der Waals surface area contributed by atoms with Gasteiger partial charge in [-0.1, -0.05) is 6.07 Å². The van der Waals surface area contributed by atoms with E-state index in [1.165, 1.54) is 12.1 Å². The largest absolute Gasteiger partial charge is 0.437 e. The molecule has 20 heavy (non-hydrogen) atoms. The fraction of sp³-hybridized carbons (Fsp3) is 0.0833. The van der Waals surface area contributed by atoms with Gasteiger partial charge in [0.25, 0.3) is 5.69 Å². The molecule has 8 heteroatoms. The van der Waals surface area contributed by atoms with Crippen LogP contribution in [0.2, 0.25) is 0 Å². The highest BCUT2D eigenvalue weighted by Crippen LogP contribution is 2.39. The number of hydrogen-bond acceptors (Lipinski definition) is 5. The molecule has 1 N–H and O–H groups in total. The van der Waals surface area contributed by atoms with Gasteiger partial charge in [0.1, 0.15) is 5.82 Å². The maximum atomic E-state index is 10.8. The summed E-state index contributed by atoms with van der Waals surface area (Å²) in [5.74, 6) is 1.47. The number of nitrogens with one attached hydrogen (secondary N) is 1. The number of non-ortho nitro benzene ring substituents is 1. The number of hydrogen-bond donors (Lipinski definition) is 1. The smallest absolute Gasteiger partial charge is 0.271 e. The van der Waals surface area contributed by atoms with Gasteiger partial charge in [-0.05, 0) is 37.9 Å². The summed E-state index contributed by atoms with van der Waals surface area (Å²) < 4.78 is 6.59. The van der Waals surface area contributed by atoms with Crippen molar-refractivity contribution < 1.29 is 9.66 Å². The number of ether oxygens (including phenoxy) is 1. The molecule has 2 rings (SSSR count). The zero-order valence-electron chi connectivity index (χ0n) is 10.3. The number of anilines is 1. The van der Waals surface area contributed by atoms with Crippen molar-refractivity contribution >= 4 is 43.4 Å². The summed E-state index contributed by atoms with van der Waals surface area (Å²) in [6.07, 6.45) is 0. The number of nitro groups is 1. The number of pyridine rings is 1. The molecule has 104 valence electrons. The molecule has 0 fully saturated rings. The van der Waals surface area contributed by atoms with Gasteiger partial charge in [-0.25, -0.2) is 0 Å². The summed E-state index contributed by atoms with van der Waals surface area (Å²) in [5.41, 5.74) is -0.0342. The van der Waals surface area contributed by atoms with E-state index < -0.39 is 4.92 Å². The van der Waals surface area contributed by atoms with Gasteiger partial charge in [0.2, 0.25) is 5.88 Å². The number of nitro benzene ring substituents is 1. The summed E-state index contributed by atoms with van der Waals surface area (Å²) in [6.45, 7) is 0. The topological polar surface area (TPSA) is 77.3 Å². The highest BCUT2D eigenvalue weighted by atomic mass is 79.9. The molecule has 0 saturated heterocycles. The molecule has 0 aliphatic carbocycles. The minimum absolute atomic E-state index is 0.0342. The van der Waals surface area contributed by atoms with E-state index in [4.69, 9.17) is 4.74 Å². The third kappa shape index (κ3) is 3.26. The predicted octanol–water partition coefficient (Wildman–Crippen LogP) is 4.35. The highest BCUT2D eigenvalue weighted by Gasteiger charge is 2.16. The predicted molar refractivity (Wildman–Crippen MR) is 82.4 cm³/mol. The van der Waals surface area contributed by atoms with E-state index in [9.17, 15) is 10.1 Å². The van der Waals surface area contributed by atoms with Crippen LogP contribution >= 0.6 is 31.9 Å². The molecule has 0 aliphatic rings. The first kappa shape index (κ1) is 14.7. The maximum absolute atomic E-state index is 10.8. The minimum Gasteiger partial charge on any atom is -0.437 e. The third-order valence-electron chi connectivity index (χ3n) is 2.38. The SMILES string of the molecule is CNc1cccc(Oc2c(Br)cc([N+](=O)[O-])cc2Br)n1. The molecule has 0 radical (unpaired) electrons. The Hall–Kier alpha value is -1.67. The Morgan fingerprint density at radius 1 is 1.30 bits per heavy atom. The molecule has 0 saturated carbocycles. The van der Waals surface area contributed by atoms with Gasteiger partial charge in [-0.15, -0.1) is 0 Å². The summed E-state index contributed by atoms with van der Waals surface area (Å²) >= 11 is 6.51. The Bertz CT molecular complexity index is 641. The molecule has 0 unspecified atom stereocenters. The first-order valence-electron chi connectivity index (χ1n) is 5.47. The summed E-state index contributed by atoms with van der Waals surface area (Å²) in [5, 5.41) is 13.7. The van der Waals surface area contributed by atoms with Crippen molar-refractivity contribution in [1.82, 2.24) is 4.98 Å². The molecule has 0 amide bonds. The van der Waals surface area contributed by atoms with Crippen molar-refractivity contribution in [1.29, 1.82) is 0 Å². The lowest BCUT2D eigenvalue weighted by Crippen LogP contribution is -1.96. The van der Waals surface area contributed by atoms with E-state index in [0.717, 1.165) is 0 Å². The van der Waals surface area contributed by atoms with Crippen molar-refractivity contribution in [2.45, 2.75) is 0 Å². The first-order valence-corrected chi connectivity index (χ1v) is 7.06. The molecule has 0 bridgehead atoms. The second-order valence-electron chi connectivity index (χ2n) is 3.71. The maximum Gasteiger partial charge on any atom is 0.271 e. The van der Waals surface area contributed by atoms with Crippen LogP contribution < -0.4 is 10.1 Å². The van der Waals surface area contributed by atoms with Crippen molar-refractivity contribution in [3.05, 3.63) is 49.4 Å². The number of rotatable bonds is 4. The first-order chi connectivity index (χ1) is 9.51. The van der Waals surface area contributed by atoms with Crippen LogP contribution in [0.3, 0.4) is 0 Å². The molecule has 0 aliphatic heterocycles. The fourth-order valence-electron chi connectivity index (χ4n) is 1.46. The van der Waals surface area contributed by atoms with Gasteiger partial charge in [-0.3, -0.25) is 10.1 Å². The summed E-state index contributed by atoms with van der Waals surface area (Å²) in [4.78, 5) is 14.5. The molecular formula is C12H9Br2N3O3. The Morgan fingerprint density at radius 2 is 1.95 bits per heavy atom. The van der Waals surface area contributed by atoms with Crippen LogP contribution in [0.1, 0.15) is 0 Å². The monoisotopic (exact) mass is 401 g/mol. The third-order valence-corrected chi connectivity index (χ3v) is 3.56. The Labute approximate surface area is 131 Å². The van der Waals surface area contributed by atoms with E-state index in [0.29, 0.717) is 26.4 Å². The number of halogens is 2. The van der Waals surface area contributed by atoms with Gasteiger partial charge >= 0.3 is 0 Å². The molecule has 1 heterocycles. The summed E-state index contributed by atoms with van der Waals surface area (Å²) in [7, 11) is 1.75.